The van der Waals surface area contributed by atoms with E-state index in [4.69, 9.17) is 9.47 Å². The molecule has 0 aliphatic carbocycles. The highest BCUT2D eigenvalue weighted by Gasteiger charge is 2.32. The first-order valence-electron chi connectivity index (χ1n) is 7.28. The summed E-state index contributed by atoms with van der Waals surface area (Å²) in [5.74, 6) is 1.23. The summed E-state index contributed by atoms with van der Waals surface area (Å²) in [6.07, 6.45) is 0.501. The Morgan fingerprint density at radius 2 is 2.00 bits per heavy atom. The molecule has 23 heavy (non-hydrogen) atoms. The summed E-state index contributed by atoms with van der Waals surface area (Å²) in [7, 11) is 1.74. The molecule has 0 radical (unpaired) electrons. The highest BCUT2D eigenvalue weighted by Crippen LogP contribution is 2.29. The van der Waals surface area contributed by atoms with Crippen molar-refractivity contribution in [2.45, 2.75) is 12.5 Å². The SMILES string of the molecule is COc1ccc(NCC(=O)N(C)C2CCS(=O)(=O)C2)cc1OC. The zero-order valence-electron chi connectivity index (χ0n) is 13.5. The number of rotatable bonds is 6. The van der Waals surface area contributed by atoms with Crippen molar-refractivity contribution in [2.75, 3.05) is 44.6 Å². The number of hydrogen-bond acceptors (Lipinski definition) is 6. The normalized spacial score (nSPS) is 19.2. The Bertz CT molecular complexity index is 674. The van der Waals surface area contributed by atoms with Gasteiger partial charge in [-0.3, -0.25) is 4.79 Å². The van der Waals surface area contributed by atoms with Crippen LogP contribution in [0, 0.1) is 0 Å². The summed E-state index contributed by atoms with van der Waals surface area (Å²) in [6, 6.07) is 5.04. The van der Waals surface area contributed by atoms with E-state index < -0.39 is 9.84 Å². The lowest BCUT2D eigenvalue weighted by Crippen LogP contribution is -2.40. The van der Waals surface area contributed by atoms with Gasteiger partial charge in [0.2, 0.25) is 5.91 Å². The molecule has 1 saturated heterocycles. The van der Waals surface area contributed by atoms with Crippen molar-refractivity contribution in [3.05, 3.63) is 18.2 Å². The van der Waals surface area contributed by atoms with Gasteiger partial charge >= 0.3 is 0 Å². The topological polar surface area (TPSA) is 84.9 Å². The number of nitrogens with one attached hydrogen (secondary N) is 1. The minimum absolute atomic E-state index is 0.0472. The van der Waals surface area contributed by atoms with Gasteiger partial charge in [-0.2, -0.15) is 0 Å². The first-order valence-corrected chi connectivity index (χ1v) is 9.10. The second-order valence-corrected chi connectivity index (χ2v) is 7.71. The fourth-order valence-electron chi connectivity index (χ4n) is 2.53. The lowest BCUT2D eigenvalue weighted by molar-refractivity contribution is -0.129. The number of amides is 1. The van der Waals surface area contributed by atoms with Crippen LogP contribution < -0.4 is 14.8 Å². The van der Waals surface area contributed by atoms with Crippen LogP contribution in [0.5, 0.6) is 11.5 Å². The first kappa shape index (κ1) is 17.4. The Hall–Kier alpha value is -1.96. The van der Waals surface area contributed by atoms with Gasteiger partial charge in [-0.1, -0.05) is 0 Å². The van der Waals surface area contributed by atoms with Crippen LogP contribution >= 0.6 is 0 Å². The van der Waals surface area contributed by atoms with Gasteiger partial charge in [0.15, 0.2) is 21.3 Å². The molecular formula is C15H22N2O5S. The molecule has 1 unspecified atom stereocenters. The van der Waals surface area contributed by atoms with Crippen LogP contribution in [0.4, 0.5) is 5.69 Å². The number of methoxy groups -OCH3 is 2. The largest absolute Gasteiger partial charge is 0.493 e. The molecule has 1 aromatic carbocycles. The van der Waals surface area contributed by atoms with Crippen LogP contribution in [0.25, 0.3) is 0 Å². The summed E-state index contributed by atoms with van der Waals surface area (Å²) in [4.78, 5) is 13.7. The third-order valence-electron chi connectivity index (χ3n) is 3.98. The zero-order valence-corrected chi connectivity index (χ0v) is 14.4. The summed E-state index contributed by atoms with van der Waals surface area (Å²) in [5, 5.41) is 3.02. The van der Waals surface area contributed by atoms with Crippen molar-refractivity contribution in [1.29, 1.82) is 0 Å². The van der Waals surface area contributed by atoms with Gasteiger partial charge in [-0.05, 0) is 18.6 Å². The monoisotopic (exact) mass is 342 g/mol. The van der Waals surface area contributed by atoms with E-state index >= 15 is 0 Å². The lowest BCUT2D eigenvalue weighted by atomic mass is 10.2. The third-order valence-corrected chi connectivity index (χ3v) is 5.73. The molecule has 0 saturated carbocycles. The van der Waals surface area contributed by atoms with Crippen molar-refractivity contribution in [1.82, 2.24) is 4.90 Å². The molecule has 1 aliphatic rings. The van der Waals surface area contributed by atoms with Crippen LogP contribution in [0.3, 0.4) is 0 Å². The van der Waals surface area contributed by atoms with E-state index in [-0.39, 0.29) is 30.0 Å². The number of carbonyl (C=O) groups excluding carboxylic acids is 1. The van der Waals surface area contributed by atoms with Crippen LogP contribution in [-0.2, 0) is 14.6 Å². The number of nitrogens with zero attached hydrogens (tertiary/aromatic N) is 1. The number of sulfone groups is 1. The predicted octanol–water partition coefficient (Wildman–Crippen LogP) is 0.761. The molecular weight excluding hydrogens is 320 g/mol. The number of carbonyl (C=O) groups is 1. The van der Waals surface area contributed by atoms with Crippen molar-refractivity contribution >= 4 is 21.4 Å². The van der Waals surface area contributed by atoms with Crippen molar-refractivity contribution in [3.8, 4) is 11.5 Å². The fraction of sp³-hybridized carbons (Fsp3) is 0.533. The minimum Gasteiger partial charge on any atom is -0.493 e. The summed E-state index contributed by atoms with van der Waals surface area (Å²) < 4.78 is 33.4. The van der Waals surface area contributed by atoms with E-state index in [2.05, 4.69) is 5.32 Å². The van der Waals surface area contributed by atoms with Gasteiger partial charge in [0.05, 0.1) is 32.3 Å². The molecule has 1 N–H and O–H groups in total. The maximum absolute atomic E-state index is 12.2. The van der Waals surface area contributed by atoms with Crippen LogP contribution in [0.2, 0.25) is 0 Å². The van der Waals surface area contributed by atoms with Gasteiger partial charge in [0.1, 0.15) is 0 Å². The van der Waals surface area contributed by atoms with Crippen molar-refractivity contribution < 1.29 is 22.7 Å². The van der Waals surface area contributed by atoms with Gasteiger partial charge < -0.3 is 19.7 Å². The fourth-order valence-corrected chi connectivity index (χ4v) is 4.31. The van der Waals surface area contributed by atoms with Crippen LogP contribution in [-0.4, -0.2) is 64.6 Å². The number of anilines is 1. The Kier molecular flexibility index (Phi) is 5.35. The average Bonchev–Trinajstić information content (AvgIpc) is 2.91. The Morgan fingerprint density at radius 3 is 2.57 bits per heavy atom. The van der Waals surface area contributed by atoms with E-state index in [1.807, 2.05) is 0 Å². The molecule has 8 heteroatoms. The molecule has 0 spiro atoms. The van der Waals surface area contributed by atoms with E-state index in [1.165, 1.54) is 4.90 Å². The highest BCUT2D eigenvalue weighted by molar-refractivity contribution is 7.91. The second kappa shape index (κ2) is 7.08. The molecule has 1 aromatic rings. The molecule has 1 amide bonds. The summed E-state index contributed by atoms with van der Waals surface area (Å²) in [5.41, 5.74) is 0.725. The molecule has 1 atom stereocenters. The van der Waals surface area contributed by atoms with Gasteiger partial charge in [-0.25, -0.2) is 8.42 Å². The second-order valence-electron chi connectivity index (χ2n) is 5.48. The third kappa shape index (κ3) is 4.28. The summed E-state index contributed by atoms with van der Waals surface area (Å²) >= 11 is 0. The van der Waals surface area contributed by atoms with Crippen LogP contribution in [0.1, 0.15) is 6.42 Å². The Balaban J connectivity index is 1.94. The maximum atomic E-state index is 12.2. The van der Waals surface area contributed by atoms with E-state index in [0.29, 0.717) is 17.9 Å². The minimum atomic E-state index is -3.00. The molecule has 1 aliphatic heterocycles. The van der Waals surface area contributed by atoms with Gasteiger partial charge in [0, 0.05) is 24.8 Å². The van der Waals surface area contributed by atoms with E-state index in [1.54, 1.807) is 39.5 Å². The molecule has 0 aromatic heterocycles. The van der Waals surface area contributed by atoms with Gasteiger partial charge in [-0.15, -0.1) is 0 Å². The average molecular weight is 342 g/mol. The number of ether oxygens (including phenoxy) is 2. The molecule has 1 heterocycles. The van der Waals surface area contributed by atoms with E-state index in [9.17, 15) is 13.2 Å². The first-order chi connectivity index (χ1) is 10.9. The molecule has 7 nitrogen and oxygen atoms in total. The molecule has 128 valence electrons. The molecule has 2 rings (SSSR count). The highest BCUT2D eigenvalue weighted by atomic mass is 32.2. The maximum Gasteiger partial charge on any atom is 0.241 e. The lowest BCUT2D eigenvalue weighted by Gasteiger charge is -2.23. The quantitative estimate of drug-likeness (QED) is 0.822. The van der Waals surface area contributed by atoms with Crippen LogP contribution in [0.15, 0.2) is 18.2 Å². The Morgan fingerprint density at radius 1 is 1.30 bits per heavy atom. The predicted molar refractivity (Wildman–Crippen MR) is 87.9 cm³/mol. The molecule has 0 bridgehead atoms. The number of likely N-dealkylation sites (N-methyl/N-ethyl adjacent to an activating group) is 1. The number of hydrogen-bond donors (Lipinski definition) is 1. The number of benzene rings is 1. The van der Waals surface area contributed by atoms with Crippen molar-refractivity contribution in [3.63, 3.8) is 0 Å². The standard InChI is InChI=1S/C15H22N2O5S/c1-17(12-6-7-23(19,20)10-12)15(18)9-16-11-4-5-13(21-2)14(8-11)22-3/h4-5,8,12,16H,6-7,9-10H2,1-3H3. The molecule has 1 fully saturated rings. The summed E-state index contributed by atoms with van der Waals surface area (Å²) in [6.45, 7) is 0.0858. The van der Waals surface area contributed by atoms with Gasteiger partial charge in [0.25, 0.3) is 0 Å². The smallest absolute Gasteiger partial charge is 0.241 e. The zero-order chi connectivity index (χ0) is 17.0. The Labute approximate surface area is 136 Å². The van der Waals surface area contributed by atoms with E-state index in [0.717, 1.165) is 5.69 Å². The van der Waals surface area contributed by atoms with Crippen molar-refractivity contribution in [2.24, 2.45) is 0 Å².